The zero-order valence-electron chi connectivity index (χ0n) is 15.6. The number of benzene rings is 1. The summed E-state index contributed by atoms with van der Waals surface area (Å²) in [5.74, 6) is 0.613. The molecular weight excluding hydrogens is 403 g/mol. The van der Waals surface area contributed by atoms with E-state index < -0.39 is 11.2 Å². The molecule has 4 rings (SSSR count). The Labute approximate surface area is 170 Å². The molecule has 1 aromatic carbocycles. The van der Waals surface area contributed by atoms with Gasteiger partial charge in [0, 0.05) is 18.7 Å². The van der Waals surface area contributed by atoms with E-state index in [0.29, 0.717) is 47.4 Å². The summed E-state index contributed by atoms with van der Waals surface area (Å²) in [6, 6.07) is 2.75. The molecule has 0 atom stereocenters. The van der Waals surface area contributed by atoms with E-state index in [0.717, 1.165) is 0 Å². The van der Waals surface area contributed by atoms with Crippen LogP contribution in [0, 0.1) is 5.82 Å². The first-order valence-corrected chi connectivity index (χ1v) is 9.89. The van der Waals surface area contributed by atoms with Crippen LogP contribution in [0.15, 0.2) is 18.5 Å². The first kappa shape index (κ1) is 18.9. The zero-order valence-corrected chi connectivity index (χ0v) is 17.2. The number of hydrogen-bond acceptors (Lipinski definition) is 6. The van der Waals surface area contributed by atoms with Gasteiger partial charge in [-0.15, -0.1) is 10.2 Å². The highest BCUT2D eigenvalue weighted by Crippen LogP contribution is 2.35. The predicted molar refractivity (Wildman–Crippen MR) is 104 cm³/mol. The van der Waals surface area contributed by atoms with Crippen molar-refractivity contribution in [2.24, 2.45) is 0 Å². The highest BCUT2D eigenvalue weighted by Gasteiger charge is 2.31. The molecule has 1 aliphatic rings. The van der Waals surface area contributed by atoms with Gasteiger partial charge >= 0.3 is 0 Å². The Morgan fingerprint density at radius 1 is 1.25 bits per heavy atom. The summed E-state index contributed by atoms with van der Waals surface area (Å²) in [6.07, 6.45) is 1.48. The second-order valence-corrected chi connectivity index (χ2v) is 8.76. The van der Waals surface area contributed by atoms with E-state index in [9.17, 15) is 9.18 Å². The molecule has 3 aromatic rings. The third-order valence-electron chi connectivity index (χ3n) is 4.67. The van der Waals surface area contributed by atoms with Crippen LogP contribution in [0.3, 0.4) is 0 Å². The van der Waals surface area contributed by atoms with Crippen molar-refractivity contribution in [2.75, 3.05) is 6.54 Å². The number of halogens is 2. The van der Waals surface area contributed by atoms with Crippen molar-refractivity contribution in [1.82, 2.24) is 29.0 Å². The third kappa shape index (κ3) is 3.18. The molecule has 0 unspecified atom stereocenters. The quantitative estimate of drug-likeness (QED) is 0.633. The van der Waals surface area contributed by atoms with Crippen LogP contribution in [0.2, 0.25) is 5.02 Å². The number of hydrogen-bond donors (Lipinski definition) is 0. The Morgan fingerprint density at radius 3 is 2.71 bits per heavy atom. The first-order chi connectivity index (χ1) is 13.3. The van der Waals surface area contributed by atoms with Crippen molar-refractivity contribution in [3.05, 3.63) is 46.3 Å². The van der Waals surface area contributed by atoms with Crippen LogP contribution >= 0.6 is 23.1 Å². The van der Waals surface area contributed by atoms with Crippen molar-refractivity contribution >= 4 is 29.0 Å². The van der Waals surface area contributed by atoms with Crippen LogP contribution in [0.1, 0.15) is 42.5 Å². The molecule has 146 valence electrons. The monoisotopic (exact) mass is 420 g/mol. The van der Waals surface area contributed by atoms with Crippen molar-refractivity contribution in [3.8, 4) is 10.8 Å². The summed E-state index contributed by atoms with van der Waals surface area (Å²) in [6.45, 7) is 7.06. The highest BCUT2D eigenvalue weighted by atomic mass is 35.5. The Hall–Kier alpha value is -2.39. The van der Waals surface area contributed by atoms with E-state index in [1.54, 1.807) is 4.90 Å². The van der Waals surface area contributed by atoms with Gasteiger partial charge in [0.05, 0.1) is 11.6 Å². The van der Waals surface area contributed by atoms with E-state index in [2.05, 4.69) is 19.6 Å². The zero-order chi connectivity index (χ0) is 20.1. The van der Waals surface area contributed by atoms with Crippen LogP contribution in [-0.4, -0.2) is 41.5 Å². The molecule has 7 nitrogen and oxygen atoms in total. The number of carbonyl (C=O) groups is 1. The molecule has 1 aliphatic heterocycles. The highest BCUT2D eigenvalue weighted by molar-refractivity contribution is 7.08. The van der Waals surface area contributed by atoms with E-state index in [4.69, 9.17) is 11.6 Å². The fraction of sp³-hybridized carbons (Fsp3) is 0.389. The minimum Gasteiger partial charge on any atom is -0.329 e. The fourth-order valence-electron chi connectivity index (χ4n) is 3.39. The Morgan fingerprint density at radius 2 is 2.04 bits per heavy atom. The maximum atomic E-state index is 14.0. The molecule has 0 fully saturated rings. The van der Waals surface area contributed by atoms with Gasteiger partial charge in [-0.05, 0) is 34.6 Å². The van der Waals surface area contributed by atoms with Crippen molar-refractivity contribution in [3.63, 3.8) is 0 Å². The lowest BCUT2D eigenvalue weighted by Gasteiger charge is -2.30. The van der Waals surface area contributed by atoms with Crippen molar-refractivity contribution in [2.45, 2.75) is 39.3 Å². The van der Waals surface area contributed by atoms with Gasteiger partial charge in [0.25, 0.3) is 5.91 Å². The smallest absolute Gasteiger partial charge is 0.254 e. The molecule has 0 N–H and O–H groups in total. The van der Waals surface area contributed by atoms with Gasteiger partial charge in [-0.1, -0.05) is 32.4 Å². The minimum atomic E-state index is -0.525. The molecule has 0 saturated carbocycles. The third-order valence-corrected chi connectivity index (χ3v) is 5.70. The lowest BCUT2D eigenvalue weighted by atomic mass is 9.83. The van der Waals surface area contributed by atoms with Gasteiger partial charge in [0.1, 0.15) is 12.1 Å². The SMILES string of the molecule is CC(C)(C)c1c(C(=O)N2CCn3c(nnc3-c3ncns3)C2)ccc(F)c1Cl. The second kappa shape index (κ2) is 6.89. The molecule has 0 saturated heterocycles. The summed E-state index contributed by atoms with van der Waals surface area (Å²) < 4.78 is 20.0. The maximum Gasteiger partial charge on any atom is 0.254 e. The number of rotatable bonds is 2. The van der Waals surface area contributed by atoms with Crippen LogP contribution in [0.5, 0.6) is 0 Å². The van der Waals surface area contributed by atoms with E-state index >= 15 is 0 Å². The standard InChI is InChI=1S/C18H18ClFN6OS/c1-18(2,3)13-10(4-5-11(20)14(13)19)17(27)25-6-7-26-12(8-25)23-24-15(26)16-21-9-22-28-16/h4-5,9H,6-8H2,1-3H3. The second-order valence-electron chi connectivity index (χ2n) is 7.60. The van der Waals surface area contributed by atoms with E-state index in [-0.39, 0.29) is 10.9 Å². The maximum absolute atomic E-state index is 14.0. The number of carbonyl (C=O) groups excluding carboxylic acids is 1. The summed E-state index contributed by atoms with van der Waals surface area (Å²) in [5, 5.41) is 9.11. The minimum absolute atomic E-state index is 0.00270. The molecule has 0 spiro atoms. The lowest BCUT2D eigenvalue weighted by molar-refractivity contribution is 0.0705. The van der Waals surface area contributed by atoms with Crippen LogP contribution in [-0.2, 0) is 18.5 Å². The van der Waals surface area contributed by atoms with Gasteiger partial charge in [-0.3, -0.25) is 4.79 Å². The molecule has 0 radical (unpaired) electrons. The molecule has 2 aromatic heterocycles. The summed E-state index contributed by atoms with van der Waals surface area (Å²) in [4.78, 5) is 19.1. The fourth-order valence-corrected chi connectivity index (χ4v) is 4.36. The molecule has 28 heavy (non-hydrogen) atoms. The summed E-state index contributed by atoms with van der Waals surface area (Å²) >= 11 is 7.47. The molecule has 10 heteroatoms. The Balaban J connectivity index is 1.66. The van der Waals surface area contributed by atoms with Gasteiger partial charge in [0.2, 0.25) is 0 Å². The van der Waals surface area contributed by atoms with Gasteiger partial charge < -0.3 is 9.47 Å². The predicted octanol–water partition coefficient (Wildman–Crippen LogP) is 3.54. The Bertz CT molecular complexity index is 1040. The number of fused-ring (bicyclic) bond motifs is 1. The van der Waals surface area contributed by atoms with Gasteiger partial charge in [0.15, 0.2) is 16.7 Å². The average Bonchev–Trinajstić information content (AvgIpc) is 3.30. The van der Waals surface area contributed by atoms with Crippen molar-refractivity contribution < 1.29 is 9.18 Å². The molecule has 0 aliphatic carbocycles. The normalized spacial score (nSPS) is 14.2. The van der Waals surface area contributed by atoms with Crippen LogP contribution in [0.25, 0.3) is 10.8 Å². The lowest BCUT2D eigenvalue weighted by Crippen LogP contribution is -2.39. The van der Waals surface area contributed by atoms with Gasteiger partial charge in [-0.25, -0.2) is 9.37 Å². The first-order valence-electron chi connectivity index (χ1n) is 8.74. The van der Waals surface area contributed by atoms with Crippen molar-refractivity contribution in [1.29, 1.82) is 0 Å². The number of nitrogens with zero attached hydrogens (tertiary/aromatic N) is 6. The topological polar surface area (TPSA) is 76.8 Å². The summed E-state index contributed by atoms with van der Waals surface area (Å²) in [5.41, 5.74) is 0.447. The van der Waals surface area contributed by atoms with Gasteiger partial charge in [-0.2, -0.15) is 4.37 Å². The van der Waals surface area contributed by atoms with E-state index in [1.807, 2.05) is 25.3 Å². The largest absolute Gasteiger partial charge is 0.329 e. The van der Waals surface area contributed by atoms with E-state index in [1.165, 1.54) is 30.0 Å². The average molecular weight is 421 g/mol. The Kier molecular flexibility index (Phi) is 4.67. The number of aromatic nitrogens is 5. The molecule has 1 amide bonds. The molecule has 3 heterocycles. The van der Waals surface area contributed by atoms with Crippen LogP contribution < -0.4 is 0 Å². The molecular formula is C18H18ClFN6OS. The summed E-state index contributed by atoms with van der Waals surface area (Å²) in [7, 11) is 0. The number of amides is 1. The molecule has 0 bridgehead atoms. The van der Waals surface area contributed by atoms with Crippen LogP contribution in [0.4, 0.5) is 4.39 Å².